The second-order valence-corrected chi connectivity index (χ2v) is 7.93. The van der Waals surface area contributed by atoms with Gasteiger partial charge in [-0.15, -0.1) is 11.3 Å². The molecular formula is C22H21N3O2S. The number of carbonyl (C=O) groups is 2. The first-order valence-corrected chi connectivity index (χ1v) is 10.2. The third-order valence-corrected chi connectivity index (χ3v) is 5.42. The third kappa shape index (κ3) is 4.64. The summed E-state index contributed by atoms with van der Waals surface area (Å²) in [5, 5.41) is 8.63. The molecule has 1 aromatic heterocycles. The van der Waals surface area contributed by atoms with Crippen LogP contribution in [0.25, 0.3) is 10.6 Å². The molecule has 28 heavy (non-hydrogen) atoms. The van der Waals surface area contributed by atoms with Gasteiger partial charge in [0.25, 0.3) is 5.91 Å². The summed E-state index contributed by atoms with van der Waals surface area (Å²) in [6, 6.07) is 15.5. The van der Waals surface area contributed by atoms with Crippen LogP contribution in [0.4, 0.5) is 5.69 Å². The van der Waals surface area contributed by atoms with E-state index in [4.69, 9.17) is 0 Å². The Bertz CT molecular complexity index is 1020. The summed E-state index contributed by atoms with van der Waals surface area (Å²) in [6.45, 7) is 2.05. The van der Waals surface area contributed by atoms with E-state index in [9.17, 15) is 9.59 Å². The lowest BCUT2D eigenvalue weighted by molar-refractivity contribution is -0.115. The van der Waals surface area contributed by atoms with Crippen molar-refractivity contribution in [1.82, 2.24) is 10.3 Å². The minimum Gasteiger partial charge on any atom is -0.349 e. The number of aromatic nitrogens is 1. The quantitative estimate of drug-likeness (QED) is 0.662. The van der Waals surface area contributed by atoms with Gasteiger partial charge in [-0.1, -0.05) is 29.8 Å². The van der Waals surface area contributed by atoms with Gasteiger partial charge < -0.3 is 10.6 Å². The predicted molar refractivity (Wildman–Crippen MR) is 112 cm³/mol. The molecule has 4 rings (SSSR count). The Morgan fingerprint density at radius 1 is 1.14 bits per heavy atom. The number of nitrogens with one attached hydrogen (secondary N) is 2. The first-order chi connectivity index (χ1) is 13.6. The molecule has 2 N–H and O–H groups in total. The maximum atomic E-state index is 12.4. The summed E-state index contributed by atoms with van der Waals surface area (Å²) < 4.78 is 0. The number of benzene rings is 2. The first kappa shape index (κ1) is 18.4. The van der Waals surface area contributed by atoms with E-state index in [1.54, 1.807) is 24.3 Å². The highest BCUT2D eigenvalue weighted by molar-refractivity contribution is 7.13. The van der Waals surface area contributed by atoms with Crippen molar-refractivity contribution in [3.05, 3.63) is 70.7 Å². The number of anilines is 1. The molecule has 1 heterocycles. The van der Waals surface area contributed by atoms with Crippen molar-refractivity contribution >= 4 is 28.8 Å². The fourth-order valence-corrected chi connectivity index (χ4v) is 3.72. The molecule has 1 fully saturated rings. The minimum absolute atomic E-state index is 0.0964. The van der Waals surface area contributed by atoms with E-state index >= 15 is 0 Å². The van der Waals surface area contributed by atoms with E-state index in [-0.39, 0.29) is 18.2 Å². The second-order valence-electron chi connectivity index (χ2n) is 7.07. The zero-order valence-corrected chi connectivity index (χ0v) is 16.4. The first-order valence-electron chi connectivity index (χ1n) is 9.29. The number of rotatable bonds is 6. The molecule has 0 atom stereocenters. The Morgan fingerprint density at radius 2 is 1.96 bits per heavy atom. The summed E-state index contributed by atoms with van der Waals surface area (Å²) in [4.78, 5) is 29.1. The molecule has 0 saturated heterocycles. The van der Waals surface area contributed by atoms with Crippen molar-refractivity contribution in [3.63, 3.8) is 0 Å². The molecule has 5 nitrogen and oxygen atoms in total. The van der Waals surface area contributed by atoms with Crippen molar-refractivity contribution in [2.45, 2.75) is 32.2 Å². The van der Waals surface area contributed by atoms with Crippen LogP contribution in [0.2, 0.25) is 0 Å². The van der Waals surface area contributed by atoms with Gasteiger partial charge in [-0.3, -0.25) is 9.59 Å². The van der Waals surface area contributed by atoms with E-state index in [1.165, 1.54) is 16.9 Å². The smallest absolute Gasteiger partial charge is 0.251 e. The molecule has 1 saturated carbocycles. The highest BCUT2D eigenvalue weighted by Crippen LogP contribution is 2.25. The number of carbonyl (C=O) groups excluding carboxylic acids is 2. The van der Waals surface area contributed by atoms with Crippen LogP contribution in [0, 0.1) is 6.92 Å². The molecule has 0 radical (unpaired) electrons. The molecule has 0 aliphatic heterocycles. The summed E-state index contributed by atoms with van der Waals surface area (Å²) in [7, 11) is 0. The summed E-state index contributed by atoms with van der Waals surface area (Å²) in [6.07, 6.45) is 2.28. The average molecular weight is 391 g/mol. The van der Waals surface area contributed by atoms with Crippen molar-refractivity contribution < 1.29 is 9.59 Å². The monoisotopic (exact) mass is 391 g/mol. The zero-order valence-electron chi connectivity index (χ0n) is 15.6. The van der Waals surface area contributed by atoms with Crippen LogP contribution in [-0.4, -0.2) is 22.8 Å². The molecule has 2 amide bonds. The fourth-order valence-electron chi connectivity index (χ4n) is 2.90. The van der Waals surface area contributed by atoms with Gasteiger partial charge in [-0.25, -0.2) is 4.98 Å². The molecule has 0 unspecified atom stereocenters. The van der Waals surface area contributed by atoms with Gasteiger partial charge in [0.1, 0.15) is 5.01 Å². The SMILES string of the molecule is Cc1cccc(-c2nc(CC(=O)Nc3cccc(C(=O)NC4CC4)c3)cs2)c1. The number of nitrogens with zero attached hydrogens (tertiary/aromatic N) is 1. The van der Waals surface area contributed by atoms with Crippen LogP contribution in [0.1, 0.15) is 34.5 Å². The van der Waals surface area contributed by atoms with Gasteiger partial charge in [0.15, 0.2) is 0 Å². The number of thiazole rings is 1. The molecule has 6 heteroatoms. The topological polar surface area (TPSA) is 71.1 Å². The Balaban J connectivity index is 1.39. The van der Waals surface area contributed by atoms with Crippen molar-refractivity contribution in [2.24, 2.45) is 0 Å². The van der Waals surface area contributed by atoms with Gasteiger partial charge in [-0.2, -0.15) is 0 Å². The molecule has 0 bridgehead atoms. The number of aryl methyl sites for hydroxylation is 1. The maximum absolute atomic E-state index is 12.4. The lowest BCUT2D eigenvalue weighted by Crippen LogP contribution is -2.25. The van der Waals surface area contributed by atoms with Crippen LogP contribution in [0.3, 0.4) is 0 Å². The Kier molecular flexibility index (Phi) is 5.21. The van der Waals surface area contributed by atoms with Crippen molar-refractivity contribution in [1.29, 1.82) is 0 Å². The number of amides is 2. The molecule has 1 aliphatic rings. The molecule has 2 aromatic carbocycles. The largest absolute Gasteiger partial charge is 0.349 e. The lowest BCUT2D eigenvalue weighted by Gasteiger charge is -2.07. The number of hydrogen-bond donors (Lipinski definition) is 2. The van der Waals surface area contributed by atoms with Gasteiger partial charge in [0.2, 0.25) is 5.91 Å². The molecule has 3 aromatic rings. The maximum Gasteiger partial charge on any atom is 0.251 e. The third-order valence-electron chi connectivity index (χ3n) is 4.48. The van der Waals surface area contributed by atoms with Crippen LogP contribution in [0.5, 0.6) is 0 Å². The molecular weight excluding hydrogens is 370 g/mol. The van der Waals surface area contributed by atoms with Crippen LogP contribution in [0.15, 0.2) is 53.9 Å². The second kappa shape index (κ2) is 7.94. The van der Waals surface area contributed by atoms with E-state index in [1.807, 2.05) is 30.5 Å². The van der Waals surface area contributed by atoms with Crippen molar-refractivity contribution in [3.8, 4) is 10.6 Å². The van der Waals surface area contributed by atoms with Gasteiger partial charge >= 0.3 is 0 Å². The van der Waals surface area contributed by atoms with E-state index in [2.05, 4.69) is 21.7 Å². The summed E-state index contributed by atoms with van der Waals surface area (Å²) in [5.74, 6) is -0.248. The highest BCUT2D eigenvalue weighted by atomic mass is 32.1. The predicted octanol–water partition coefficient (Wildman–Crippen LogP) is 4.19. The normalized spacial score (nSPS) is 13.2. The molecule has 0 spiro atoms. The van der Waals surface area contributed by atoms with E-state index < -0.39 is 0 Å². The van der Waals surface area contributed by atoms with Crippen LogP contribution >= 0.6 is 11.3 Å². The number of hydrogen-bond acceptors (Lipinski definition) is 4. The van der Waals surface area contributed by atoms with E-state index in [0.29, 0.717) is 17.3 Å². The van der Waals surface area contributed by atoms with Crippen LogP contribution in [-0.2, 0) is 11.2 Å². The molecule has 1 aliphatic carbocycles. The van der Waals surface area contributed by atoms with Crippen LogP contribution < -0.4 is 10.6 Å². The van der Waals surface area contributed by atoms with Crippen molar-refractivity contribution in [2.75, 3.05) is 5.32 Å². The van der Waals surface area contributed by atoms with Gasteiger partial charge in [0, 0.05) is 28.2 Å². The fraction of sp³-hybridized carbons (Fsp3) is 0.227. The van der Waals surface area contributed by atoms with Gasteiger partial charge in [0.05, 0.1) is 12.1 Å². The zero-order chi connectivity index (χ0) is 19.5. The van der Waals surface area contributed by atoms with Gasteiger partial charge in [-0.05, 0) is 44.0 Å². The molecule has 142 valence electrons. The lowest BCUT2D eigenvalue weighted by atomic mass is 10.1. The standard InChI is InChI=1S/C22H21N3O2S/c1-14-4-2-6-16(10-14)22-25-19(13-28-22)12-20(26)23-18-7-3-5-15(11-18)21(27)24-17-8-9-17/h2-7,10-11,13,17H,8-9,12H2,1H3,(H,23,26)(H,24,27). The Hall–Kier alpha value is -2.99. The van der Waals surface area contributed by atoms with E-state index in [0.717, 1.165) is 29.1 Å². The Morgan fingerprint density at radius 3 is 2.75 bits per heavy atom. The summed E-state index contributed by atoms with van der Waals surface area (Å²) >= 11 is 1.53. The Labute approximate surface area is 167 Å². The minimum atomic E-state index is -0.152. The highest BCUT2D eigenvalue weighted by Gasteiger charge is 2.23. The average Bonchev–Trinajstić information content (AvgIpc) is 3.37. The summed E-state index contributed by atoms with van der Waals surface area (Å²) in [5.41, 5.74) is 4.15.